The molecule has 0 spiro atoms. The van der Waals surface area contributed by atoms with Gasteiger partial charge in [-0.2, -0.15) is 5.10 Å². The maximum Gasteiger partial charge on any atom is 0.251 e. The van der Waals surface area contributed by atoms with Crippen LogP contribution < -0.4 is 5.32 Å². The molecule has 1 aliphatic carbocycles. The Morgan fingerprint density at radius 2 is 1.96 bits per heavy atom. The first-order chi connectivity index (χ1) is 12.2. The van der Waals surface area contributed by atoms with E-state index in [1.165, 1.54) is 32.1 Å². The minimum atomic E-state index is -0.0404. The lowest BCUT2D eigenvalue weighted by Gasteiger charge is -2.21. The summed E-state index contributed by atoms with van der Waals surface area (Å²) >= 11 is 0. The molecule has 0 aliphatic heterocycles. The van der Waals surface area contributed by atoms with E-state index in [-0.39, 0.29) is 5.91 Å². The van der Waals surface area contributed by atoms with Crippen molar-refractivity contribution < 1.29 is 9.53 Å². The van der Waals surface area contributed by atoms with Crippen molar-refractivity contribution in [3.05, 3.63) is 47.8 Å². The largest absolute Gasteiger partial charge is 0.378 e. The number of hydrogen-bond donors (Lipinski definition) is 1. The third kappa shape index (κ3) is 4.92. The molecule has 1 fully saturated rings. The number of nitrogens with zero attached hydrogens (tertiary/aromatic N) is 2. The summed E-state index contributed by atoms with van der Waals surface area (Å²) in [7, 11) is 0. The number of benzene rings is 1. The van der Waals surface area contributed by atoms with Crippen LogP contribution in [-0.4, -0.2) is 34.9 Å². The molecule has 0 radical (unpaired) electrons. The van der Waals surface area contributed by atoms with Crippen molar-refractivity contribution in [2.75, 3.05) is 13.2 Å². The fourth-order valence-electron chi connectivity index (χ4n) is 3.25. The van der Waals surface area contributed by atoms with Gasteiger partial charge < -0.3 is 10.1 Å². The van der Waals surface area contributed by atoms with E-state index >= 15 is 0 Å². The smallest absolute Gasteiger partial charge is 0.251 e. The highest BCUT2D eigenvalue weighted by atomic mass is 16.5. The maximum atomic E-state index is 12.2. The van der Waals surface area contributed by atoms with Crippen LogP contribution in [0.5, 0.6) is 0 Å². The molecule has 5 heteroatoms. The summed E-state index contributed by atoms with van der Waals surface area (Å²) in [6, 6.07) is 9.47. The number of ether oxygens (including phenoxy) is 1. The van der Waals surface area contributed by atoms with Crippen molar-refractivity contribution in [2.24, 2.45) is 0 Å². The van der Waals surface area contributed by atoms with Crippen LogP contribution in [0, 0.1) is 6.92 Å². The van der Waals surface area contributed by atoms with E-state index < -0.39 is 0 Å². The Morgan fingerprint density at radius 1 is 1.20 bits per heavy atom. The summed E-state index contributed by atoms with van der Waals surface area (Å²) in [5.41, 5.74) is 2.69. The Kier molecular flexibility index (Phi) is 6.23. The molecule has 0 atom stereocenters. The van der Waals surface area contributed by atoms with Crippen LogP contribution >= 0.6 is 0 Å². The molecule has 0 unspecified atom stereocenters. The second-order valence-corrected chi connectivity index (χ2v) is 6.67. The van der Waals surface area contributed by atoms with E-state index in [2.05, 4.69) is 10.4 Å². The van der Waals surface area contributed by atoms with Crippen LogP contribution in [0.2, 0.25) is 0 Å². The van der Waals surface area contributed by atoms with Gasteiger partial charge in [-0.3, -0.25) is 4.79 Å². The summed E-state index contributed by atoms with van der Waals surface area (Å²) in [4.78, 5) is 12.2. The summed E-state index contributed by atoms with van der Waals surface area (Å²) in [5.74, 6) is -0.0404. The normalized spacial score (nSPS) is 15.2. The fraction of sp³-hybridized carbons (Fsp3) is 0.500. The monoisotopic (exact) mass is 341 g/mol. The van der Waals surface area contributed by atoms with Gasteiger partial charge in [0.2, 0.25) is 0 Å². The van der Waals surface area contributed by atoms with E-state index in [0.717, 1.165) is 24.4 Å². The Hall–Kier alpha value is -2.14. The highest BCUT2D eigenvalue weighted by Gasteiger charge is 2.13. The average Bonchev–Trinajstić information content (AvgIpc) is 3.08. The lowest BCUT2D eigenvalue weighted by atomic mass is 9.98. The molecular weight excluding hydrogens is 314 g/mol. The van der Waals surface area contributed by atoms with Gasteiger partial charge in [-0.1, -0.05) is 19.3 Å². The van der Waals surface area contributed by atoms with Crippen LogP contribution in [0.3, 0.4) is 0 Å². The third-order valence-corrected chi connectivity index (χ3v) is 4.72. The number of carbonyl (C=O) groups is 1. The number of amides is 1. The molecule has 1 amide bonds. The summed E-state index contributed by atoms with van der Waals surface area (Å²) in [5, 5.41) is 7.23. The molecule has 1 N–H and O–H groups in total. The molecule has 1 aromatic carbocycles. The van der Waals surface area contributed by atoms with Crippen LogP contribution in [0.1, 0.15) is 54.6 Å². The Morgan fingerprint density at radius 3 is 2.64 bits per heavy atom. The van der Waals surface area contributed by atoms with Crippen LogP contribution in [0.15, 0.2) is 36.5 Å². The van der Waals surface area contributed by atoms with E-state index in [4.69, 9.17) is 4.74 Å². The zero-order valence-electron chi connectivity index (χ0n) is 14.9. The van der Waals surface area contributed by atoms with Gasteiger partial charge in [0, 0.05) is 30.6 Å². The zero-order chi connectivity index (χ0) is 17.5. The van der Waals surface area contributed by atoms with Crippen LogP contribution in [0.25, 0.3) is 5.69 Å². The van der Waals surface area contributed by atoms with Crippen molar-refractivity contribution in [1.82, 2.24) is 15.1 Å². The Labute approximate surface area is 149 Å². The molecule has 5 nitrogen and oxygen atoms in total. The molecular formula is C20H27N3O2. The Balaban J connectivity index is 1.40. The number of rotatable bonds is 7. The summed E-state index contributed by atoms with van der Waals surface area (Å²) < 4.78 is 7.73. The summed E-state index contributed by atoms with van der Waals surface area (Å²) in [6.07, 6.45) is 9.35. The molecule has 2 aromatic rings. The van der Waals surface area contributed by atoms with E-state index in [9.17, 15) is 4.79 Å². The van der Waals surface area contributed by atoms with Gasteiger partial charge in [0.05, 0.1) is 11.8 Å². The number of aromatic nitrogens is 2. The standard InChI is InChI=1S/C20H27N3O2/c1-16-12-14-22-23(16)18-10-8-17(9-11-18)20(24)21-13-5-15-25-19-6-3-2-4-7-19/h8-12,14,19H,2-7,13,15H2,1H3,(H,21,24). The first-order valence-corrected chi connectivity index (χ1v) is 9.25. The molecule has 1 saturated carbocycles. The maximum absolute atomic E-state index is 12.2. The third-order valence-electron chi connectivity index (χ3n) is 4.72. The van der Waals surface area contributed by atoms with Crippen molar-refractivity contribution >= 4 is 5.91 Å². The second kappa shape index (κ2) is 8.81. The topological polar surface area (TPSA) is 56.2 Å². The van der Waals surface area contributed by atoms with E-state index in [1.54, 1.807) is 6.20 Å². The van der Waals surface area contributed by atoms with Crippen molar-refractivity contribution in [3.8, 4) is 5.69 Å². The van der Waals surface area contributed by atoms with E-state index in [0.29, 0.717) is 18.2 Å². The lowest BCUT2D eigenvalue weighted by Crippen LogP contribution is -2.26. The van der Waals surface area contributed by atoms with Crippen LogP contribution in [-0.2, 0) is 4.74 Å². The SMILES string of the molecule is Cc1ccnn1-c1ccc(C(=O)NCCCOC2CCCCC2)cc1. The molecule has 0 saturated heterocycles. The quantitative estimate of drug-likeness (QED) is 0.782. The predicted octanol–water partition coefficient (Wildman–Crippen LogP) is 3.65. The van der Waals surface area contributed by atoms with Gasteiger partial charge in [-0.25, -0.2) is 4.68 Å². The van der Waals surface area contributed by atoms with Gasteiger partial charge in [0.15, 0.2) is 0 Å². The van der Waals surface area contributed by atoms with Gasteiger partial charge in [-0.15, -0.1) is 0 Å². The van der Waals surface area contributed by atoms with Gasteiger partial charge in [-0.05, 0) is 56.5 Å². The van der Waals surface area contributed by atoms with Gasteiger partial charge in [0.25, 0.3) is 5.91 Å². The molecule has 1 aromatic heterocycles. The number of hydrogen-bond acceptors (Lipinski definition) is 3. The minimum Gasteiger partial charge on any atom is -0.378 e. The lowest BCUT2D eigenvalue weighted by molar-refractivity contribution is 0.0273. The first-order valence-electron chi connectivity index (χ1n) is 9.25. The fourth-order valence-corrected chi connectivity index (χ4v) is 3.25. The van der Waals surface area contributed by atoms with Crippen molar-refractivity contribution in [2.45, 2.75) is 51.6 Å². The molecule has 134 valence electrons. The predicted molar refractivity (Wildman–Crippen MR) is 98.1 cm³/mol. The number of aryl methyl sites for hydroxylation is 1. The van der Waals surface area contributed by atoms with Crippen LogP contribution in [0.4, 0.5) is 0 Å². The van der Waals surface area contributed by atoms with Crippen molar-refractivity contribution in [3.63, 3.8) is 0 Å². The first kappa shape index (κ1) is 17.7. The number of nitrogens with one attached hydrogen (secondary N) is 1. The van der Waals surface area contributed by atoms with Gasteiger partial charge in [0.1, 0.15) is 0 Å². The Bertz CT molecular complexity index is 673. The second-order valence-electron chi connectivity index (χ2n) is 6.67. The molecule has 0 bridgehead atoms. The highest BCUT2D eigenvalue weighted by molar-refractivity contribution is 5.94. The molecule has 25 heavy (non-hydrogen) atoms. The van der Waals surface area contributed by atoms with Crippen molar-refractivity contribution in [1.29, 1.82) is 0 Å². The van der Waals surface area contributed by atoms with E-state index in [1.807, 2.05) is 41.9 Å². The zero-order valence-corrected chi connectivity index (χ0v) is 14.9. The average molecular weight is 341 g/mol. The minimum absolute atomic E-state index is 0.0404. The molecule has 3 rings (SSSR count). The molecule has 1 aliphatic rings. The highest BCUT2D eigenvalue weighted by Crippen LogP contribution is 2.20. The molecule has 1 heterocycles. The number of carbonyl (C=O) groups excluding carboxylic acids is 1. The van der Waals surface area contributed by atoms with Gasteiger partial charge >= 0.3 is 0 Å². The summed E-state index contributed by atoms with van der Waals surface area (Å²) in [6.45, 7) is 3.37.